The first-order chi connectivity index (χ1) is 8.43. The minimum absolute atomic E-state index is 0. The third kappa shape index (κ3) is 4.08. The van der Waals surface area contributed by atoms with Gasteiger partial charge in [0.1, 0.15) is 10.1 Å². The van der Waals surface area contributed by atoms with Gasteiger partial charge in [0.25, 0.3) is 5.91 Å². The molecule has 0 fully saturated rings. The van der Waals surface area contributed by atoms with E-state index >= 15 is 0 Å². The monoisotopic (exact) mass is 311 g/mol. The fourth-order valence-corrected chi connectivity index (χ4v) is 1.75. The van der Waals surface area contributed by atoms with Crippen LogP contribution in [0.4, 0.5) is 17.6 Å². The van der Waals surface area contributed by atoms with E-state index in [9.17, 15) is 35.3 Å². The summed E-state index contributed by atoms with van der Waals surface area (Å²) in [6.07, 6.45) is -4.31. The van der Waals surface area contributed by atoms with Gasteiger partial charge in [-0.1, -0.05) is 12.2 Å². The molecule has 1 atom stereocenters. The molecule has 5 nitrogen and oxygen atoms in total. The Balaban J connectivity index is 0. The van der Waals surface area contributed by atoms with Crippen LogP contribution in [-0.4, -0.2) is 48.0 Å². The van der Waals surface area contributed by atoms with Gasteiger partial charge in [0.2, 0.25) is 0 Å². The third-order valence-corrected chi connectivity index (χ3v) is 3.07. The molecule has 0 rings (SSSR count). The quantitative estimate of drug-likeness (QED) is 0.245. The van der Waals surface area contributed by atoms with Crippen LogP contribution in [0.2, 0.25) is 0 Å². The first-order valence-electron chi connectivity index (χ1n) is 4.65. The molecule has 1 unspecified atom stereocenters. The van der Waals surface area contributed by atoms with Crippen molar-refractivity contribution in [2.45, 2.75) is 11.2 Å². The molecular formula is C9H10F4LiNO4S. The van der Waals surface area contributed by atoms with Gasteiger partial charge in [0.15, 0.2) is 0 Å². The van der Waals surface area contributed by atoms with E-state index in [1.165, 1.54) is 0 Å². The van der Waals surface area contributed by atoms with E-state index in [-0.39, 0.29) is 23.8 Å². The number of hydrogen-bond donors (Lipinski definition) is 0. The Morgan fingerprint density at radius 2 is 1.50 bits per heavy atom. The summed E-state index contributed by atoms with van der Waals surface area (Å²) >= 11 is 0. The number of carbonyl (C=O) groups excluding carboxylic acids is 1. The summed E-state index contributed by atoms with van der Waals surface area (Å²) in [5.41, 5.74) is 0. The summed E-state index contributed by atoms with van der Waals surface area (Å²) in [4.78, 5) is 11.6. The normalized spacial score (nSPS) is 14.7. The maximum absolute atomic E-state index is 13.6. The molecule has 0 aliphatic carbocycles. The van der Waals surface area contributed by atoms with Crippen molar-refractivity contribution >= 4 is 16.0 Å². The van der Waals surface area contributed by atoms with Gasteiger partial charge < -0.3 is 9.45 Å². The van der Waals surface area contributed by atoms with Crippen molar-refractivity contribution in [2.75, 3.05) is 13.1 Å². The standard InChI is InChI=1S/C9H11F4NO4S.Li/c1-3-5-14(6-4-2)7(15)8(10,9(11,12)13)19(16,17)18;/h3-4H,1-2,5-6H2,(H,16,17,18);/q;+1/p-1. The van der Waals surface area contributed by atoms with Crippen LogP contribution in [0.25, 0.3) is 0 Å². The van der Waals surface area contributed by atoms with Crippen LogP contribution in [0, 0.1) is 0 Å². The van der Waals surface area contributed by atoms with Gasteiger partial charge in [0, 0.05) is 13.1 Å². The second-order valence-electron chi connectivity index (χ2n) is 3.33. The molecule has 0 saturated carbocycles. The summed E-state index contributed by atoms with van der Waals surface area (Å²) in [7, 11) is -6.60. The molecule has 0 aromatic heterocycles. The van der Waals surface area contributed by atoms with E-state index < -0.39 is 40.3 Å². The van der Waals surface area contributed by atoms with Crippen LogP contribution in [0.3, 0.4) is 0 Å². The Hall–Kier alpha value is -0.823. The Bertz CT molecular complexity index is 469. The number of carbonyl (C=O) groups is 1. The van der Waals surface area contributed by atoms with E-state index in [1.807, 2.05) is 0 Å². The minimum atomic E-state index is -6.60. The van der Waals surface area contributed by atoms with Gasteiger partial charge >= 0.3 is 30.0 Å². The van der Waals surface area contributed by atoms with Gasteiger partial charge in [-0.3, -0.25) is 4.79 Å². The molecule has 0 saturated heterocycles. The molecule has 0 spiro atoms. The van der Waals surface area contributed by atoms with Gasteiger partial charge in [-0.2, -0.15) is 13.2 Å². The zero-order valence-electron chi connectivity index (χ0n) is 10.5. The maximum atomic E-state index is 13.6. The summed E-state index contributed by atoms with van der Waals surface area (Å²) in [6, 6.07) is 0. The fourth-order valence-electron chi connectivity index (χ4n) is 1.13. The second kappa shape index (κ2) is 7.26. The SMILES string of the molecule is C=CCN(CC=C)C(=O)C(F)(C(F)(F)F)S(=O)(=O)[O-].[Li+]. The van der Waals surface area contributed by atoms with E-state index in [1.54, 1.807) is 0 Å². The van der Waals surface area contributed by atoms with Gasteiger partial charge in [-0.25, -0.2) is 12.8 Å². The summed E-state index contributed by atoms with van der Waals surface area (Å²) in [5, 5.41) is -5.54. The average molecular weight is 311 g/mol. The topological polar surface area (TPSA) is 77.5 Å². The summed E-state index contributed by atoms with van der Waals surface area (Å²) in [5.74, 6) is -2.52. The molecule has 20 heavy (non-hydrogen) atoms. The summed E-state index contributed by atoms with van der Waals surface area (Å²) < 4.78 is 82.4. The molecule has 1 amide bonds. The van der Waals surface area contributed by atoms with E-state index in [4.69, 9.17) is 0 Å². The van der Waals surface area contributed by atoms with Crippen molar-refractivity contribution in [1.82, 2.24) is 4.90 Å². The molecule has 11 heteroatoms. The van der Waals surface area contributed by atoms with Gasteiger partial charge in [0.05, 0.1) is 0 Å². The van der Waals surface area contributed by atoms with Crippen LogP contribution < -0.4 is 18.9 Å². The maximum Gasteiger partial charge on any atom is 1.00 e. The Kier molecular flexibility index (Phi) is 7.80. The van der Waals surface area contributed by atoms with Crippen molar-refractivity contribution in [2.24, 2.45) is 0 Å². The molecule has 0 aliphatic heterocycles. The number of rotatable bonds is 6. The Labute approximate surface area is 125 Å². The minimum Gasteiger partial charge on any atom is -0.745 e. The van der Waals surface area contributed by atoms with Crippen LogP contribution in [0.15, 0.2) is 25.3 Å². The van der Waals surface area contributed by atoms with Crippen LogP contribution in [0.1, 0.15) is 0 Å². The van der Waals surface area contributed by atoms with Crippen molar-refractivity contribution in [3.05, 3.63) is 25.3 Å². The predicted octanol–water partition coefficient (Wildman–Crippen LogP) is -2.04. The Morgan fingerprint density at radius 3 is 1.70 bits per heavy atom. The van der Waals surface area contributed by atoms with E-state index in [0.717, 1.165) is 12.2 Å². The van der Waals surface area contributed by atoms with Gasteiger partial charge in [-0.15, -0.1) is 13.2 Å². The van der Waals surface area contributed by atoms with Crippen molar-refractivity contribution in [3.8, 4) is 0 Å². The van der Waals surface area contributed by atoms with E-state index in [0.29, 0.717) is 0 Å². The number of amides is 1. The van der Waals surface area contributed by atoms with Crippen molar-refractivity contribution < 1.29 is 54.2 Å². The molecule has 0 N–H and O–H groups in total. The predicted molar refractivity (Wildman–Crippen MR) is 56.6 cm³/mol. The molecule has 0 radical (unpaired) electrons. The number of hydrogen-bond acceptors (Lipinski definition) is 4. The van der Waals surface area contributed by atoms with Crippen molar-refractivity contribution in [1.29, 1.82) is 0 Å². The first-order valence-corrected chi connectivity index (χ1v) is 6.06. The molecular weight excluding hydrogens is 301 g/mol. The zero-order chi connectivity index (χ0) is 15.5. The number of nitrogens with zero attached hydrogens (tertiary/aromatic N) is 1. The third-order valence-electron chi connectivity index (χ3n) is 1.97. The van der Waals surface area contributed by atoms with Crippen LogP contribution in [0.5, 0.6) is 0 Å². The van der Waals surface area contributed by atoms with Crippen molar-refractivity contribution in [3.63, 3.8) is 0 Å². The molecule has 0 aromatic rings. The van der Waals surface area contributed by atoms with E-state index in [2.05, 4.69) is 13.2 Å². The summed E-state index contributed by atoms with van der Waals surface area (Å²) in [6.45, 7) is 5.06. The second-order valence-corrected chi connectivity index (χ2v) is 4.81. The molecule has 0 heterocycles. The molecule has 0 aliphatic rings. The van der Waals surface area contributed by atoms with Crippen LogP contribution >= 0.6 is 0 Å². The number of alkyl halides is 4. The zero-order valence-corrected chi connectivity index (χ0v) is 11.3. The largest absolute Gasteiger partial charge is 1.00 e. The number of halogens is 4. The fraction of sp³-hybridized carbons (Fsp3) is 0.444. The van der Waals surface area contributed by atoms with Gasteiger partial charge in [-0.05, 0) is 0 Å². The molecule has 0 aromatic carbocycles. The first kappa shape index (κ1) is 21.5. The average Bonchev–Trinajstić information content (AvgIpc) is 2.23. The molecule has 110 valence electrons. The molecule has 0 bridgehead atoms. The Morgan fingerprint density at radius 1 is 1.15 bits per heavy atom. The van der Waals surface area contributed by atoms with Crippen LogP contribution in [-0.2, 0) is 14.9 Å². The smallest absolute Gasteiger partial charge is 0.745 e.